The van der Waals surface area contributed by atoms with Gasteiger partial charge in [0.15, 0.2) is 6.61 Å². The third-order valence-corrected chi connectivity index (χ3v) is 5.48. The van der Waals surface area contributed by atoms with E-state index in [-0.39, 0.29) is 18.6 Å². The number of piperazine rings is 1. The molecule has 0 aromatic heterocycles. The van der Waals surface area contributed by atoms with Crippen molar-refractivity contribution >= 4 is 28.5 Å². The summed E-state index contributed by atoms with van der Waals surface area (Å²) < 4.78 is 6.77. The van der Waals surface area contributed by atoms with E-state index in [2.05, 4.69) is 56.9 Å². The highest BCUT2D eigenvalue weighted by Crippen LogP contribution is 2.16. The average molecular weight is 479 g/mol. The molecule has 1 fully saturated rings. The smallest absolute Gasteiger partial charge is 0.258 e. The summed E-state index contributed by atoms with van der Waals surface area (Å²) in [6, 6.07) is 17.8. The molecule has 2 aromatic carbocycles. The summed E-state index contributed by atoms with van der Waals surface area (Å²) in [4.78, 5) is 17.2. The van der Waals surface area contributed by atoms with Crippen molar-refractivity contribution in [2.45, 2.75) is 6.04 Å². The fraction of sp³-hybridized carbons (Fsp3) is 0.381. The van der Waals surface area contributed by atoms with Gasteiger partial charge in [0.25, 0.3) is 5.91 Å². The Labute approximate surface area is 174 Å². The predicted octanol–water partition coefficient (Wildman–Crippen LogP) is 2.77. The fourth-order valence-corrected chi connectivity index (χ4v) is 3.48. The minimum Gasteiger partial charge on any atom is -0.484 e. The van der Waals surface area contributed by atoms with E-state index < -0.39 is 0 Å². The van der Waals surface area contributed by atoms with Crippen LogP contribution in [0.25, 0.3) is 0 Å². The van der Waals surface area contributed by atoms with Crippen LogP contribution >= 0.6 is 22.6 Å². The van der Waals surface area contributed by atoms with E-state index in [1.54, 1.807) is 0 Å². The van der Waals surface area contributed by atoms with E-state index in [4.69, 9.17) is 4.74 Å². The first-order valence-electron chi connectivity index (χ1n) is 9.24. The lowest BCUT2D eigenvalue weighted by atomic mass is 10.1. The zero-order valence-electron chi connectivity index (χ0n) is 15.6. The number of likely N-dealkylation sites (N-methyl/N-ethyl adjacent to an activating group) is 1. The lowest BCUT2D eigenvalue weighted by molar-refractivity contribution is -0.124. The number of carbonyl (C=O) groups is 1. The lowest BCUT2D eigenvalue weighted by Gasteiger charge is -2.35. The largest absolute Gasteiger partial charge is 0.484 e. The third-order valence-electron chi connectivity index (χ3n) is 4.76. The molecule has 2 aromatic rings. The maximum atomic E-state index is 12.5. The van der Waals surface area contributed by atoms with Gasteiger partial charge in [-0.25, -0.2) is 0 Å². The lowest BCUT2D eigenvalue weighted by Crippen LogP contribution is -2.48. The molecule has 0 radical (unpaired) electrons. The highest BCUT2D eigenvalue weighted by Gasteiger charge is 2.21. The van der Waals surface area contributed by atoms with E-state index in [1.807, 2.05) is 42.5 Å². The predicted molar refractivity (Wildman–Crippen MR) is 116 cm³/mol. The molecule has 0 spiro atoms. The second kappa shape index (κ2) is 10.1. The minimum absolute atomic E-state index is 0.0205. The Morgan fingerprint density at radius 3 is 2.41 bits per heavy atom. The number of amides is 1. The van der Waals surface area contributed by atoms with Gasteiger partial charge in [-0.1, -0.05) is 30.3 Å². The van der Waals surface area contributed by atoms with E-state index in [9.17, 15) is 4.79 Å². The number of hydrogen-bond donors (Lipinski definition) is 1. The second-order valence-corrected chi connectivity index (χ2v) is 8.12. The summed E-state index contributed by atoms with van der Waals surface area (Å²) in [6.07, 6.45) is 0. The number of carbonyl (C=O) groups excluding carboxylic acids is 1. The first-order chi connectivity index (χ1) is 13.1. The molecule has 27 heavy (non-hydrogen) atoms. The van der Waals surface area contributed by atoms with Crippen molar-refractivity contribution in [3.05, 3.63) is 63.7 Å². The van der Waals surface area contributed by atoms with Gasteiger partial charge in [-0.05, 0) is 59.5 Å². The van der Waals surface area contributed by atoms with Crippen LogP contribution in [0.3, 0.4) is 0 Å². The standard InChI is InChI=1S/C21H26IN3O2/c1-24-11-13-25(14-12-24)15-20(17-5-3-2-4-6-17)23-21(26)16-27-19-9-7-18(22)8-10-19/h2-10,20H,11-16H2,1H3,(H,23,26). The first kappa shape index (κ1) is 20.1. The number of rotatable bonds is 7. The molecular formula is C21H26IN3O2. The fourth-order valence-electron chi connectivity index (χ4n) is 3.12. The zero-order chi connectivity index (χ0) is 19.1. The molecule has 1 heterocycles. The number of benzene rings is 2. The zero-order valence-corrected chi connectivity index (χ0v) is 17.8. The Morgan fingerprint density at radius 2 is 1.74 bits per heavy atom. The number of hydrogen-bond acceptors (Lipinski definition) is 4. The molecule has 1 saturated heterocycles. The molecule has 6 heteroatoms. The molecule has 3 rings (SSSR count). The molecular weight excluding hydrogens is 453 g/mol. The number of halogens is 1. The van der Waals surface area contributed by atoms with E-state index in [1.165, 1.54) is 0 Å². The Morgan fingerprint density at radius 1 is 1.07 bits per heavy atom. The van der Waals surface area contributed by atoms with Crippen LogP contribution in [0.15, 0.2) is 54.6 Å². The van der Waals surface area contributed by atoms with E-state index in [0.29, 0.717) is 5.75 Å². The van der Waals surface area contributed by atoms with Gasteiger partial charge in [0.2, 0.25) is 0 Å². The SMILES string of the molecule is CN1CCN(CC(NC(=O)COc2ccc(I)cc2)c2ccccc2)CC1. The third kappa shape index (κ3) is 6.48. The van der Waals surface area contributed by atoms with Gasteiger partial charge in [0.1, 0.15) is 5.75 Å². The molecule has 0 aliphatic carbocycles. The second-order valence-electron chi connectivity index (χ2n) is 6.88. The monoisotopic (exact) mass is 479 g/mol. The Balaban J connectivity index is 1.58. The molecule has 1 atom stereocenters. The number of nitrogens with one attached hydrogen (secondary N) is 1. The molecule has 1 unspecified atom stereocenters. The van der Waals surface area contributed by atoms with Crippen LogP contribution in [-0.2, 0) is 4.79 Å². The molecule has 1 aliphatic heterocycles. The van der Waals surface area contributed by atoms with E-state index >= 15 is 0 Å². The molecule has 1 aliphatic rings. The van der Waals surface area contributed by atoms with Crippen molar-refractivity contribution in [2.24, 2.45) is 0 Å². The highest BCUT2D eigenvalue weighted by molar-refractivity contribution is 14.1. The van der Waals surface area contributed by atoms with Gasteiger partial charge in [0.05, 0.1) is 6.04 Å². The van der Waals surface area contributed by atoms with Crippen LogP contribution in [0.2, 0.25) is 0 Å². The van der Waals surface area contributed by atoms with Gasteiger partial charge in [0, 0.05) is 36.3 Å². The summed E-state index contributed by atoms with van der Waals surface area (Å²) in [5.41, 5.74) is 1.12. The van der Waals surface area contributed by atoms with Gasteiger partial charge in [-0.2, -0.15) is 0 Å². The van der Waals surface area contributed by atoms with Gasteiger partial charge < -0.3 is 15.0 Å². The van der Waals surface area contributed by atoms with Crippen LogP contribution in [0, 0.1) is 3.57 Å². The van der Waals surface area contributed by atoms with Gasteiger partial charge >= 0.3 is 0 Å². The Hall–Kier alpha value is -1.64. The van der Waals surface area contributed by atoms with Crippen LogP contribution in [-0.4, -0.2) is 62.1 Å². The molecule has 144 valence electrons. The summed E-state index contributed by atoms with van der Waals surface area (Å²) >= 11 is 2.25. The van der Waals surface area contributed by atoms with Crippen molar-refractivity contribution < 1.29 is 9.53 Å². The summed E-state index contributed by atoms with van der Waals surface area (Å²) in [7, 11) is 2.15. The van der Waals surface area contributed by atoms with Crippen molar-refractivity contribution in [3.8, 4) is 5.75 Å². The normalized spacial score (nSPS) is 16.7. The van der Waals surface area contributed by atoms with Gasteiger partial charge in [-0.15, -0.1) is 0 Å². The van der Waals surface area contributed by atoms with Crippen LogP contribution in [0.4, 0.5) is 0 Å². The maximum absolute atomic E-state index is 12.5. The molecule has 5 nitrogen and oxygen atoms in total. The number of nitrogens with zero attached hydrogens (tertiary/aromatic N) is 2. The molecule has 0 saturated carbocycles. The van der Waals surface area contributed by atoms with Crippen molar-refractivity contribution in [1.29, 1.82) is 0 Å². The van der Waals surface area contributed by atoms with Gasteiger partial charge in [-0.3, -0.25) is 9.69 Å². The average Bonchev–Trinajstić information content (AvgIpc) is 2.69. The van der Waals surface area contributed by atoms with Crippen molar-refractivity contribution in [2.75, 3.05) is 46.4 Å². The Bertz CT molecular complexity index is 716. The minimum atomic E-state index is -0.100. The molecule has 1 amide bonds. The maximum Gasteiger partial charge on any atom is 0.258 e. The number of ether oxygens (including phenoxy) is 1. The van der Waals surface area contributed by atoms with E-state index in [0.717, 1.165) is 41.9 Å². The van der Waals surface area contributed by atoms with Crippen LogP contribution in [0.1, 0.15) is 11.6 Å². The summed E-state index contributed by atoms with van der Waals surface area (Å²) in [5, 5.41) is 3.15. The van der Waals surface area contributed by atoms with Crippen LogP contribution in [0.5, 0.6) is 5.75 Å². The first-order valence-corrected chi connectivity index (χ1v) is 10.3. The summed E-state index contributed by atoms with van der Waals surface area (Å²) in [6.45, 7) is 5.00. The Kier molecular flexibility index (Phi) is 7.49. The molecule has 1 N–H and O–H groups in total. The quantitative estimate of drug-likeness (QED) is 0.621. The van der Waals surface area contributed by atoms with Crippen LogP contribution < -0.4 is 10.1 Å². The topological polar surface area (TPSA) is 44.8 Å². The molecule has 0 bridgehead atoms. The summed E-state index contributed by atoms with van der Waals surface area (Å²) in [5.74, 6) is 0.609. The highest BCUT2D eigenvalue weighted by atomic mass is 127. The van der Waals surface area contributed by atoms with Crippen molar-refractivity contribution in [3.63, 3.8) is 0 Å². The van der Waals surface area contributed by atoms with Crippen molar-refractivity contribution in [1.82, 2.24) is 15.1 Å².